The maximum absolute atomic E-state index is 5.74. The van der Waals surface area contributed by atoms with E-state index in [1.54, 1.807) is 6.26 Å². The number of benzene rings is 1. The van der Waals surface area contributed by atoms with Gasteiger partial charge in [0.1, 0.15) is 5.76 Å². The molecular formula is C13H14N4O. The number of anilines is 2. The van der Waals surface area contributed by atoms with Crippen molar-refractivity contribution in [1.29, 1.82) is 0 Å². The van der Waals surface area contributed by atoms with Gasteiger partial charge in [0, 0.05) is 12.7 Å². The zero-order chi connectivity index (χ0) is 12.5. The lowest BCUT2D eigenvalue weighted by atomic mass is 10.3. The fraction of sp³-hybridized carbons (Fsp3) is 0.154. The SMILES string of the molecule is CN(Cc1ccco1)c1nc2ccc(N)cc2[nH]1. The average molecular weight is 242 g/mol. The second kappa shape index (κ2) is 4.10. The van der Waals surface area contributed by atoms with Gasteiger partial charge in [-0.15, -0.1) is 0 Å². The van der Waals surface area contributed by atoms with E-state index in [-0.39, 0.29) is 0 Å². The maximum atomic E-state index is 5.74. The Labute approximate surface area is 104 Å². The summed E-state index contributed by atoms with van der Waals surface area (Å²) in [7, 11) is 1.96. The number of aromatic amines is 1. The number of nitrogens with one attached hydrogen (secondary N) is 1. The van der Waals surface area contributed by atoms with E-state index in [2.05, 4.69) is 9.97 Å². The van der Waals surface area contributed by atoms with Crippen LogP contribution in [0.2, 0.25) is 0 Å². The number of furan rings is 1. The molecule has 0 aliphatic carbocycles. The highest BCUT2D eigenvalue weighted by Gasteiger charge is 2.09. The number of imidazole rings is 1. The Morgan fingerprint density at radius 1 is 1.39 bits per heavy atom. The van der Waals surface area contributed by atoms with E-state index in [0.717, 1.165) is 28.4 Å². The molecule has 5 heteroatoms. The van der Waals surface area contributed by atoms with Crippen LogP contribution in [-0.2, 0) is 6.54 Å². The van der Waals surface area contributed by atoms with Crippen LogP contribution in [0.25, 0.3) is 11.0 Å². The van der Waals surface area contributed by atoms with E-state index in [1.807, 2.05) is 42.3 Å². The first-order chi connectivity index (χ1) is 8.72. The fourth-order valence-corrected chi connectivity index (χ4v) is 1.91. The lowest BCUT2D eigenvalue weighted by Gasteiger charge is -2.13. The molecule has 0 spiro atoms. The minimum Gasteiger partial charge on any atom is -0.467 e. The molecule has 2 aromatic heterocycles. The van der Waals surface area contributed by atoms with Crippen LogP contribution in [0.1, 0.15) is 5.76 Å². The number of nitrogens with zero attached hydrogens (tertiary/aromatic N) is 2. The summed E-state index contributed by atoms with van der Waals surface area (Å²) < 4.78 is 5.32. The number of nitrogens with two attached hydrogens (primary N) is 1. The van der Waals surface area contributed by atoms with Crippen LogP contribution in [0, 0.1) is 0 Å². The monoisotopic (exact) mass is 242 g/mol. The van der Waals surface area contributed by atoms with Crippen LogP contribution in [0.4, 0.5) is 11.6 Å². The normalized spacial score (nSPS) is 10.9. The second-order valence-corrected chi connectivity index (χ2v) is 4.27. The molecule has 2 heterocycles. The third-order valence-electron chi connectivity index (χ3n) is 2.83. The first kappa shape index (κ1) is 10.7. The number of fused-ring (bicyclic) bond motifs is 1. The standard InChI is InChI=1S/C13H14N4O/c1-17(8-10-3-2-6-18-10)13-15-11-5-4-9(14)7-12(11)16-13/h2-7H,8,14H2,1H3,(H,15,16). The van der Waals surface area contributed by atoms with Gasteiger partial charge in [-0.2, -0.15) is 0 Å². The Kier molecular flexibility index (Phi) is 2.44. The molecule has 0 aliphatic heterocycles. The minimum absolute atomic E-state index is 0.669. The van der Waals surface area contributed by atoms with Crippen LogP contribution >= 0.6 is 0 Å². The number of hydrogen-bond acceptors (Lipinski definition) is 4. The minimum atomic E-state index is 0.669. The zero-order valence-electron chi connectivity index (χ0n) is 10.1. The second-order valence-electron chi connectivity index (χ2n) is 4.27. The van der Waals surface area contributed by atoms with Crippen molar-refractivity contribution in [2.75, 3.05) is 17.7 Å². The molecule has 3 aromatic rings. The topological polar surface area (TPSA) is 71.1 Å². The van der Waals surface area contributed by atoms with Gasteiger partial charge in [-0.25, -0.2) is 4.98 Å². The van der Waals surface area contributed by atoms with Crippen LogP contribution in [0.5, 0.6) is 0 Å². The van der Waals surface area contributed by atoms with E-state index < -0.39 is 0 Å². The molecule has 18 heavy (non-hydrogen) atoms. The molecule has 0 amide bonds. The number of aromatic nitrogens is 2. The van der Waals surface area contributed by atoms with Crippen LogP contribution in [-0.4, -0.2) is 17.0 Å². The first-order valence-electron chi connectivity index (χ1n) is 5.71. The molecule has 0 aliphatic rings. The van der Waals surface area contributed by atoms with Crippen molar-refractivity contribution in [3.63, 3.8) is 0 Å². The molecule has 0 saturated carbocycles. The summed E-state index contributed by atoms with van der Waals surface area (Å²) in [6, 6.07) is 9.46. The summed E-state index contributed by atoms with van der Waals surface area (Å²) in [6.07, 6.45) is 1.67. The fourth-order valence-electron chi connectivity index (χ4n) is 1.91. The van der Waals surface area contributed by atoms with Crippen molar-refractivity contribution in [2.24, 2.45) is 0 Å². The predicted molar refractivity (Wildman–Crippen MR) is 71.3 cm³/mol. The molecule has 0 atom stereocenters. The van der Waals surface area contributed by atoms with E-state index in [4.69, 9.17) is 10.2 Å². The Hall–Kier alpha value is -2.43. The van der Waals surface area contributed by atoms with Gasteiger partial charge >= 0.3 is 0 Å². The molecule has 0 radical (unpaired) electrons. The van der Waals surface area contributed by atoms with Crippen molar-refractivity contribution in [2.45, 2.75) is 6.54 Å². The number of rotatable bonds is 3. The van der Waals surface area contributed by atoms with Gasteiger partial charge in [0.05, 0.1) is 23.8 Å². The van der Waals surface area contributed by atoms with Gasteiger partial charge in [0.15, 0.2) is 0 Å². The molecular weight excluding hydrogens is 228 g/mol. The number of nitrogen functional groups attached to an aromatic ring is 1. The summed E-state index contributed by atoms with van der Waals surface area (Å²) in [5, 5.41) is 0. The van der Waals surface area contributed by atoms with E-state index in [0.29, 0.717) is 6.54 Å². The molecule has 0 saturated heterocycles. The molecule has 3 rings (SSSR count). The average Bonchev–Trinajstić information content (AvgIpc) is 2.96. The Balaban J connectivity index is 1.89. The zero-order valence-corrected chi connectivity index (χ0v) is 10.1. The van der Waals surface area contributed by atoms with E-state index >= 15 is 0 Å². The van der Waals surface area contributed by atoms with Crippen molar-refractivity contribution in [3.05, 3.63) is 42.4 Å². The first-order valence-corrected chi connectivity index (χ1v) is 5.71. The van der Waals surface area contributed by atoms with Gasteiger partial charge in [-0.3, -0.25) is 0 Å². The highest BCUT2D eigenvalue weighted by molar-refractivity contribution is 5.80. The molecule has 3 N–H and O–H groups in total. The third-order valence-corrected chi connectivity index (χ3v) is 2.83. The lowest BCUT2D eigenvalue weighted by Crippen LogP contribution is -2.17. The lowest BCUT2D eigenvalue weighted by molar-refractivity contribution is 0.506. The van der Waals surface area contributed by atoms with E-state index in [9.17, 15) is 0 Å². The molecule has 0 unspecified atom stereocenters. The van der Waals surface area contributed by atoms with Crippen molar-refractivity contribution >= 4 is 22.7 Å². The highest BCUT2D eigenvalue weighted by Crippen LogP contribution is 2.20. The van der Waals surface area contributed by atoms with Gasteiger partial charge < -0.3 is 20.0 Å². The predicted octanol–water partition coefficient (Wildman–Crippen LogP) is 2.37. The smallest absolute Gasteiger partial charge is 0.203 e. The summed E-state index contributed by atoms with van der Waals surface area (Å²) in [4.78, 5) is 9.74. The molecule has 1 aromatic carbocycles. The van der Waals surface area contributed by atoms with Gasteiger partial charge in [0.2, 0.25) is 5.95 Å². The summed E-state index contributed by atoms with van der Waals surface area (Å²) in [5.74, 6) is 1.70. The van der Waals surface area contributed by atoms with Crippen LogP contribution < -0.4 is 10.6 Å². The summed E-state index contributed by atoms with van der Waals surface area (Å²) in [6.45, 7) is 0.669. The molecule has 0 bridgehead atoms. The van der Waals surface area contributed by atoms with Crippen molar-refractivity contribution < 1.29 is 4.42 Å². The molecule has 92 valence electrons. The summed E-state index contributed by atoms with van der Waals surface area (Å²) >= 11 is 0. The van der Waals surface area contributed by atoms with Crippen LogP contribution in [0.15, 0.2) is 41.0 Å². The largest absolute Gasteiger partial charge is 0.467 e. The Bertz CT molecular complexity index is 657. The van der Waals surface area contributed by atoms with E-state index in [1.165, 1.54) is 0 Å². The Morgan fingerprint density at radius 3 is 3.06 bits per heavy atom. The molecule has 5 nitrogen and oxygen atoms in total. The molecule has 0 fully saturated rings. The number of H-pyrrole nitrogens is 1. The quantitative estimate of drug-likeness (QED) is 0.692. The third kappa shape index (κ3) is 1.90. The van der Waals surface area contributed by atoms with Crippen molar-refractivity contribution in [3.8, 4) is 0 Å². The van der Waals surface area contributed by atoms with Gasteiger partial charge in [-0.1, -0.05) is 0 Å². The van der Waals surface area contributed by atoms with Crippen LogP contribution in [0.3, 0.4) is 0 Å². The van der Waals surface area contributed by atoms with Gasteiger partial charge in [-0.05, 0) is 30.3 Å². The summed E-state index contributed by atoms with van der Waals surface area (Å²) in [5.41, 5.74) is 8.32. The maximum Gasteiger partial charge on any atom is 0.203 e. The van der Waals surface area contributed by atoms with Crippen molar-refractivity contribution in [1.82, 2.24) is 9.97 Å². The number of hydrogen-bond donors (Lipinski definition) is 2. The Morgan fingerprint density at radius 2 is 2.28 bits per heavy atom. The van der Waals surface area contributed by atoms with Gasteiger partial charge in [0.25, 0.3) is 0 Å². The highest BCUT2D eigenvalue weighted by atomic mass is 16.3.